The summed E-state index contributed by atoms with van der Waals surface area (Å²) in [7, 11) is 0. The molecule has 1 aliphatic carbocycles. The Kier molecular flexibility index (Phi) is 3.51. The van der Waals surface area contributed by atoms with Gasteiger partial charge in [0.05, 0.1) is 6.04 Å². The second-order valence-corrected chi connectivity index (χ2v) is 5.10. The number of aliphatic hydroxyl groups is 1. The molecule has 3 rings (SSSR count). The first-order valence-corrected chi connectivity index (χ1v) is 6.91. The molecule has 0 saturated heterocycles. The van der Waals surface area contributed by atoms with Crippen LogP contribution in [-0.4, -0.2) is 11.7 Å². The van der Waals surface area contributed by atoms with Crippen LogP contribution >= 0.6 is 0 Å². The van der Waals surface area contributed by atoms with E-state index in [9.17, 15) is 0 Å². The fourth-order valence-corrected chi connectivity index (χ4v) is 2.80. The predicted octanol–water partition coefficient (Wildman–Crippen LogP) is 3.32. The molecule has 1 unspecified atom stereocenters. The van der Waals surface area contributed by atoms with Crippen molar-refractivity contribution in [3.05, 3.63) is 65.2 Å². The Morgan fingerprint density at radius 2 is 1.84 bits per heavy atom. The van der Waals surface area contributed by atoms with Crippen molar-refractivity contribution in [2.24, 2.45) is 0 Å². The van der Waals surface area contributed by atoms with Crippen LogP contribution in [0.4, 0.5) is 5.69 Å². The summed E-state index contributed by atoms with van der Waals surface area (Å²) in [5.74, 6) is 0. The maximum absolute atomic E-state index is 8.91. The van der Waals surface area contributed by atoms with Crippen LogP contribution in [0.3, 0.4) is 0 Å². The van der Waals surface area contributed by atoms with Crippen LogP contribution in [0.2, 0.25) is 0 Å². The van der Waals surface area contributed by atoms with Crippen molar-refractivity contribution in [1.82, 2.24) is 0 Å². The van der Waals surface area contributed by atoms with Crippen LogP contribution in [0.15, 0.2) is 48.5 Å². The lowest BCUT2D eigenvalue weighted by molar-refractivity contribution is 0.299. The zero-order chi connectivity index (χ0) is 13.1. The van der Waals surface area contributed by atoms with Gasteiger partial charge < -0.3 is 10.4 Å². The summed E-state index contributed by atoms with van der Waals surface area (Å²) < 4.78 is 0. The van der Waals surface area contributed by atoms with Crippen LogP contribution < -0.4 is 5.32 Å². The number of anilines is 1. The number of hydrogen-bond donors (Lipinski definition) is 2. The molecule has 1 atom stereocenters. The van der Waals surface area contributed by atoms with Crippen LogP contribution in [0, 0.1) is 0 Å². The molecular weight excluding hydrogens is 234 g/mol. The van der Waals surface area contributed by atoms with E-state index < -0.39 is 0 Å². The summed E-state index contributed by atoms with van der Waals surface area (Å²) in [5.41, 5.74) is 5.24. The van der Waals surface area contributed by atoms with Crippen molar-refractivity contribution in [3.8, 4) is 0 Å². The van der Waals surface area contributed by atoms with Crippen molar-refractivity contribution in [2.45, 2.75) is 25.3 Å². The first-order valence-electron chi connectivity index (χ1n) is 6.91. The molecule has 0 fully saturated rings. The summed E-state index contributed by atoms with van der Waals surface area (Å²) in [4.78, 5) is 0. The molecule has 2 heteroatoms. The van der Waals surface area contributed by atoms with E-state index in [0.717, 1.165) is 24.9 Å². The lowest BCUT2D eigenvalue weighted by Gasteiger charge is -2.15. The summed E-state index contributed by atoms with van der Waals surface area (Å²) in [6.45, 7) is 0.211. The standard InChI is InChI=1S/C17H19NO/c19-12-11-13-5-8-15(9-6-13)18-17-10-7-14-3-1-2-4-16(14)17/h1-6,8-9,17-19H,7,10-12H2. The molecule has 0 amide bonds. The Bertz CT molecular complexity index is 547. The minimum absolute atomic E-state index is 0.211. The van der Waals surface area contributed by atoms with E-state index in [-0.39, 0.29) is 6.61 Å². The monoisotopic (exact) mass is 253 g/mol. The van der Waals surface area contributed by atoms with Gasteiger partial charge in [-0.3, -0.25) is 0 Å². The van der Waals surface area contributed by atoms with Gasteiger partial charge in [0, 0.05) is 12.3 Å². The number of rotatable bonds is 4. The summed E-state index contributed by atoms with van der Waals surface area (Å²) >= 11 is 0. The topological polar surface area (TPSA) is 32.3 Å². The average Bonchev–Trinajstić information content (AvgIpc) is 2.85. The predicted molar refractivity (Wildman–Crippen MR) is 78.4 cm³/mol. The van der Waals surface area contributed by atoms with Crippen LogP contribution in [0.1, 0.15) is 29.2 Å². The molecule has 2 aromatic rings. The lowest BCUT2D eigenvalue weighted by atomic mass is 10.1. The molecule has 19 heavy (non-hydrogen) atoms. The number of nitrogens with one attached hydrogen (secondary N) is 1. The van der Waals surface area contributed by atoms with Gasteiger partial charge in [-0.05, 0) is 48.1 Å². The Morgan fingerprint density at radius 1 is 1.05 bits per heavy atom. The summed E-state index contributed by atoms with van der Waals surface area (Å²) in [6, 6.07) is 17.5. The fourth-order valence-electron chi connectivity index (χ4n) is 2.80. The maximum Gasteiger partial charge on any atom is 0.0519 e. The van der Waals surface area contributed by atoms with E-state index in [1.807, 2.05) is 0 Å². The first kappa shape index (κ1) is 12.2. The van der Waals surface area contributed by atoms with Crippen molar-refractivity contribution in [2.75, 3.05) is 11.9 Å². The van der Waals surface area contributed by atoms with Crippen molar-refractivity contribution in [3.63, 3.8) is 0 Å². The molecule has 1 aliphatic rings. The summed E-state index contributed by atoms with van der Waals surface area (Å²) in [5, 5.41) is 12.5. The molecule has 0 bridgehead atoms. The number of aliphatic hydroxyl groups excluding tert-OH is 1. The minimum Gasteiger partial charge on any atom is -0.396 e. The number of fused-ring (bicyclic) bond motifs is 1. The number of aryl methyl sites for hydroxylation is 1. The molecule has 0 heterocycles. The fraction of sp³-hybridized carbons (Fsp3) is 0.294. The van der Waals surface area contributed by atoms with Gasteiger partial charge in [0.2, 0.25) is 0 Å². The third-order valence-corrected chi connectivity index (χ3v) is 3.83. The average molecular weight is 253 g/mol. The third-order valence-electron chi connectivity index (χ3n) is 3.83. The highest BCUT2D eigenvalue weighted by Gasteiger charge is 2.21. The van der Waals surface area contributed by atoms with Crippen LogP contribution in [0.25, 0.3) is 0 Å². The molecule has 2 N–H and O–H groups in total. The van der Waals surface area contributed by atoms with E-state index >= 15 is 0 Å². The molecule has 2 aromatic carbocycles. The smallest absolute Gasteiger partial charge is 0.0519 e. The second kappa shape index (κ2) is 5.45. The first-order chi connectivity index (χ1) is 9.36. The van der Waals surface area contributed by atoms with E-state index in [0.29, 0.717) is 6.04 Å². The zero-order valence-electron chi connectivity index (χ0n) is 11.0. The zero-order valence-corrected chi connectivity index (χ0v) is 11.0. The molecule has 2 nitrogen and oxygen atoms in total. The second-order valence-electron chi connectivity index (χ2n) is 5.10. The minimum atomic E-state index is 0.211. The molecule has 0 radical (unpaired) electrons. The highest BCUT2D eigenvalue weighted by Crippen LogP contribution is 2.33. The molecule has 98 valence electrons. The van der Waals surface area contributed by atoms with E-state index in [2.05, 4.69) is 53.8 Å². The highest BCUT2D eigenvalue weighted by atomic mass is 16.2. The SMILES string of the molecule is OCCc1ccc(NC2CCc3ccccc32)cc1. The van der Waals surface area contributed by atoms with E-state index in [1.54, 1.807) is 0 Å². The van der Waals surface area contributed by atoms with E-state index in [1.165, 1.54) is 16.7 Å². The Hall–Kier alpha value is -1.80. The van der Waals surface area contributed by atoms with Crippen LogP contribution in [-0.2, 0) is 12.8 Å². The van der Waals surface area contributed by atoms with Gasteiger partial charge in [0.25, 0.3) is 0 Å². The number of hydrogen-bond acceptors (Lipinski definition) is 2. The van der Waals surface area contributed by atoms with Crippen LogP contribution in [0.5, 0.6) is 0 Å². The van der Waals surface area contributed by atoms with E-state index in [4.69, 9.17) is 5.11 Å². The van der Waals surface area contributed by atoms with Crippen molar-refractivity contribution in [1.29, 1.82) is 0 Å². The van der Waals surface area contributed by atoms with Gasteiger partial charge in [-0.15, -0.1) is 0 Å². The van der Waals surface area contributed by atoms with Gasteiger partial charge in [-0.2, -0.15) is 0 Å². The molecule has 0 aliphatic heterocycles. The van der Waals surface area contributed by atoms with Crippen molar-refractivity contribution >= 4 is 5.69 Å². The van der Waals surface area contributed by atoms with Gasteiger partial charge in [-0.1, -0.05) is 36.4 Å². The quantitative estimate of drug-likeness (QED) is 0.876. The summed E-state index contributed by atoms with van der Waals surface area (Å²) in [6.07, 6.45) is 3.06. The lowest BCUT2D eigenvalue weighted by Crippen LogP contribution is -2.07. The van der Waals surface area contributed by atoms with Gasteiger partial charge in [0.1, 0.15) is 0 Å². The molecular formula is C17H19NO. The molecule has 0 aromatic heterocycles. The Balaban J connectivity index is 1.72. The number of benzene rings is 2. The van der Waals surface area contributed by atoms with Crippen molar-refractivity contribution < 1.29 is 5.11 Å². The highest BCUT2D eigenvalue weighted by molar-refractivity contribution is 5.49. The Morgan fingerprint density at radius 3 is 2.63 bits per heavy atom. The van der Waals surface area contributed by atoms with Gasteiger partial charge in [-0.25, -0.2) is 0 Å². The normalized spacial score (nSPS) is 17.2. The molecule has 0 saturated carbocycles. The largest absolute Gasteiger partial charge is 0.396 e. The Labute approximate surface area is 114 Å². The van der Waals surface area contributed by atoms with Gasteiger partial charge >= 0.3 is 0 Å². The maximum atomic E-state index is 8.91. The van der Waals surface area contributed by atoms with Gasteiger partial charge in [0.15, 0.2) is 0 Å². The third kappa shape index (κ3) is 2.64. The molecule has 0 spiro atoms.